The summed E-state index contributed by atoms with van der Waals surface area (Å²) in [5.41, 5.74) is 0. The lowest BCUT2D eigenvalue weighted by Crippen LogP contribution is -2.38. The minimum absolute atomic E-state index is 0.00532. The predicted molar refractivity (Wildman–Crippen MR) is 118 cm³/mol. The fraction of sp³-hybridized carbons (Fsp3) is 0.889. The third-order valence-electron chi connectivity index (χ3n) is 3.90. The van der Waals surface area contributed by atoms with Gasteiger partial charge in [0.1, 0.15) is 0 Å². The summed E-state index contributed by atoms with van der Waals surface area (Å²) in [5, 5.41) is 42.5. The summed E-state index contributed by atoms with van der Waals surface area (Å²) in [4.78, 5) is 20.6. The second-order valence-corrected chi connectivity index (χ2v) is 6.64. The lowest BCUT2D eigenvalue weighted by molar-refractivity contribution is -0.136. The summed E-state index contributed by atoms with van der Waals surface area (Å²) in [7, 11) is 0. The summed E-state index contributed by atoms with van der Waals surface area (Å²) in [6.45, 7) is 11.9. The number of carboxylic acids is 2. The molecule has 0 aliphatic rings. The van der Waals surface area contributed by atoms with Gasteiger partial charge in [0.15, 0.2) is 0 Å². The van der Waals surface area contributed by atoms with Crippen molar-refractivity contribution in [2.45, 2.75) is 0 Å². The molecule has 178 valence electrons. The van der Waals surface area contributed by atoms with Crippen molar-refractivity contribution in [3.05, 3.63) is 0 Å². The molecule has 0 aliphatic carbocycles. The Morgan fingerprint density at radius 1 is 0.367 bits per heavy atom. The van der Waals surface area contributed by atoms with E-state index >= 15 is 0 Å². The quantitative estimate of drug-likeness (QED) is 0.0630. The summed E-state index contributed by atoms with van der Waals surface area (Å²) in [5.74, 6) is -1.66. The lowest BCUT2D eigenvalue weighted by Gasteiger charge is -2.09. The zero-order chi connectivity index (χ0) is 22.1. The molecule has 12 heteroatoms. The fourth-order valence-electron chi connectivity index (χ4n) is 2.38. The van der Waals surface area contributed by atoms with Crippen molar-refractivity contribution in [3.63, 3.8) is 0 Å². The molecule has 0 saturated carbocycles. The minimum Gasteiger partial charge on any atom is -0.480 e. The van der Waals surface area contributed by atoms with Crippen molar-refractivity contribution >= 4 is 11.9 Å². The Balaban J connectivity index is 3.02. The van der Waals surface area contributed by atoms with Crippen LogP contribution in [0.5, 0.6) is 0 Å². The van der Waals surface area contributed by atoms with Crippen LogP contribution in [-0.2, 0) is 9.59 Å². The van der Waals surface area contributed by atoms with Crippen LogP contribution >= 0.6 is 0 Å². The highest BCUT2D eigenvalue weighted by Crippen LogP contribution is 1.66. The molecular formula is C18H42N8O4. The molecule has 12 nitrogen and oxygen atoms in total. The first-order chi connectivity index (χ1) is 14.6. The number of aliphatic carboxylic acids is 2. The van der Waals surface area contributed by atoms with Gasteiger partial charge in [0, 0.05) is 91.6 Å². The second kappa shape index (κ2) is 23.9. The average Bonchev–Trinajstić information content (AvgIpc) is 2.70. The molecular weight excluding hydrogens is 392 g/mol. The molecule has 0 aromatic heterocycles. The number of nitrogens with one attached hydrogen (secondary N) is 8. The van der Waals surface area contributed by atoms with Gasteiger partial charge < -0.3 is 52.7 Å². The van der Waals surface area contributed by atoms with Crippen molar-refractivity contribution in [2.75, 3.05) is 105 Å². The summed E-state index contributed by atoms with van der Waals surface area (Å²) >= 11 is 0. The Kier molecular flexibility index (Phi) is 22.8. The number of hydrogen-bond acceptors (Lipinski definition) is 10. The molecule has 0 unspecified atom stereocenters. The summed E-state index contributed by atoms with van der Waals surface area (Å²) < 4.78 is 0. The Bertz CT molecular complexity index is 368. The zero-order valence-electron chi connectivity index (χ0n) is 18.0. The van der Waals surface area contributed by atoms with Gasteiger partial charge >= 0.3 is 11.9 Å². The van der Waals surface area contributed by atoms with E-state index in [4.69, 9.17) is 10.2 Å². The standard InChI is InChI=1S/C18H42N8O4/c27-17(28)15-25-13-11-23-9-7-21-5-3-19-1-2-20-4-6-22-8-10-24-12-14-26-16-18(29)30/h19-26H,1-16H2,(H,27,28)(H,29,30). The molecule has 0 radical (unpaired) electrons. The van der Waals surface area contributed by atoms with E-state index in [-0.39, 0.29) is 13.1 Å². The van der Waals surface area contributed by atoms with E-state index in [1.54, 1.807) is 0 Å². The van der Waals surface area contributed by atoms with Crippen LogP contribution in [0.3, 0.4) is 0 Å². The van der Waals surface area contributed by atoms with Gasteiger partial charge in [-0.15, -0.1) is 0 Å². The normalized spacial score (nSPS) is 11.1. The molecule has 0 amide bonds. The molecule has 0 atom stereocenters. The summed E-state index contributed by atoms with van der Waals surface area (Å²) in [6.07, 6.45) is 0. The zero-order valence-corrected chi connectivity index (χ0v) is 18.0. The molecule has 0 rings (SSSR count). The van der Waals surface area contributed by atoms with E-state index in [9.17, 15) is 9.59 Å². The highest BCUT2D eigenvalue weighted by atomic mass is 16.4. The van der Waals surface area contributed by atoms with Crippen molar-refractivity contribution in [2.24, 2.45) is 0 Å². The van der Waals surface area contributed by atoms with Gasteiger partial charge in [-0.1, -0.05) is 0 Å². The lowest BCUT2D eigenvalue weighted by atomic mass is 10.5. The summed E-state index contributed by atoms with van der Waals surface area (Å²) in [6, 6.07) is 0. The highest BCUT2D eigenvalue weighted by Gasteiger charge is 1.95. The second-order valence-electron chi connectivity index (χ2n) is 6.64. The fourth-order valence-corrected chi connectivity index (χ4v) is 2.38. The highest BCUT2D eigenvalue weighted by molar-refractivity contribution is 5.69. The Morgan fingerprint density at radius 3 is 0.700 bits per heavy atom. The minimum atomic E-state index is -0.832. The maximum atomic E-state index is 10.3. The van der Waals surface area contributed by atoms with Crippen LogP contribution in [0.2, 0.25) is 0 Å². The number of rotatable bonds is 25. The van der Waals surface area contributed by atoms with Crippen molar-refractivity contribution in [1.29, 1.82) is 0 Å². The SMILES string of the molecule is O=C(O)CNCCNCCNCCNCCNCCNCCNCCNCC(=O)O. The smallest absolute Gasteiger partial charge is 0.317 e. The Labute approximate surface area is 179 Å². The van der Waals surface area contributed by atoms with Crippen LogP contribution in [0.4, 0.5) is 0 Å². The van der Waals surface area contributed by atoms with Gasteiger partial charge in [-0.3, -0.25) is 9.59 Å². The molecule has 0 fully saturated rings. The molecule has 0 aromatic carbocycles. The van der Waals surface area contributed by atoms with Crippen LogP contribution in [0.1, 0.15) is 0 Å². The first-order valence-electron chi connectivity index (χ1n) is 10.7. The van der Waals surface area contributed by atoms with Crippen molar-refractivity contribution in [3.8, 4) is 0 Å². The number of hydrogen-bond donors (Lipinski definition) is 10. The average molecular weight is 435 g/mol. The molecule has 0 spiro atoms. The third kappa shape index (κ3) is 26.6. The van der Waals surface area contributed by atoms with Crippen molar-refractivity contribution in [1.82, 2.24) is 42.5 Å². The Morgan fingerprint density at radius 2 is 0.533 bits per heavy atom. The van der Waals surface area contributed by atoms with Gasteiger partial charge in [-0.05, 0) is 0 Å². The molecule has 30 heavy (non-hydrogen) atoms. The molecule has 10 N–H and O–H groups in total. The first-order valence-corrected chi connectivity index (χ1v) is 10.7. The van der Waals surface area contributed by atoms with E-state index in [1.165, 1.54) is 0 Å². The van der Waals surface area contributed by atoms with Crippen LogP contribution in [0, 0.1) is 0 Å². The predicted octanol–water partition coefficient (Wildman–Crippen LogP) is -4.13. The van der Waals surface area contributed by atoms with Gasteiger partial charge in [-0.2, -0.15) is 0 Å². The third-order valence-corrected chi connectivity index (χ3v) is 3.90. The van der Waals surface area contributed by atoms with E-state index in [0.717, 1.165) is 78.5 Å². The molecule has 0 aliphatic heterocycles. The van der Waals surface area contributed by atoms with Gasteiger partial charge in [0.05, 0.1) is 13.1 Å². The van der Waals surface area contributed by atoms with Crippen LogP contribution < -0.4 is 42.5 Å². The van der Waals surface area contributed by atoms with Gasteiger partial charge in [-0.25, -0.2) is 0 Å². The van der Waals surface area contributed by atoms with E-state index in [0.29, 0.717) is 13.1 Å². The van der Waals surface area contributed by atoms with Gasteiger partial charge in [0.25, 0.3) is 0 Å². The molecule has 0 saturated heterocycles. The first kappa shape index (κ1) is 28.6. The van der Waals surface area contributed by atoms with Gasteiger partial charge in [0.2, 0.25) is 0 Å². The largest absolute Gasteiger partial charge is 0.480 e. The molecule has 0 bridgehead atoms. The maximum absolute atomic E-state index is 10.3. The molecule has 0 heterocycles. The monoisotopic (exact) mass is 434 g/mol. The van der Waals surface area contributed by atoms with Crippen LogP contribution in [-0.4, -0.2) is 127 Å². The van der Waals surface area contributed by atoms with Crippen molar-refractivity contribution < 1.29 is 19.8 Å². The maximum Gasteiger partial charge on any atom is 0.317 e. The van der Waals surface area contributed by atoms with E-state index in [2.05, 4.69) is 42.5 Å². The van der Waals surface area contributed by atoms with E-state index in [1.807, 2.05) is 0 Å². The number of carboxylic acid groups (broad SMARTS) is 2. The van der Waals surface area contributed by atoms with Crippen LogP contribution in [0.15, 0.2) is 0 Å². The van der Waals surface area contributed by atoms with Crippen LogP contribution in [0.25, 0.3) is 0 Å². The number of carbonyl (C=O) groups is 2. The molecule has 0 aromatic rings. The van der Waals surface area contributed by atoms with E-state index < -0.39 is 11.9 Å². The topological polar surface area (TPSA) is 171 Å². The Hall–Kier alpha value is -1.38.